The van der Waals surface area contributed by atoms with Crippen molar-refractivity contribution in [2.45, 2.75) is 31.5 Å². The molecule has 21 heavy (non-hydrogen) atoms. The lowest BCUT2D eigenvalue weighted by atomic mass is 10.2. The number of carboxylic acid groups (broad SMARTS) is 1. The Morgan fingerprint density at radius 2 is 2.24 bits per heavy atom. The first kappa shape index (κ1) is 13.9. The van der Waals surface area contributed by atoms with Gasteiger partial charge in [0.15, 0.2) is 12.3 Å². The van der Waals surface area contributed by atoms with Crippen molar-refractivity contribution in [1.29, 1.82) is 0 Å². The van der Waals surface area contributed by atoms with Crippen molar-refractivity contribution >= 4 is 5.97 Å². The number of nitrogens with one attached hydrogen (secondary N) is 3. The molecule has 1 aliphatic carbocycles. The lowest BCUT2D eigenvalue weighted by Crippen LogP contribution is -2.44. The Balaban J connectivity index is 1.64. The van der Waals surface area contributed by atoms with Crippen LogP contribution in [0.15, 0.2) is 24.3 Å². The topological polar surface area (TPSA) is 82.6 Å². The predicted molar refractivity (Wildman–Crippen MR) is 75.9 cm³/mol. The first-order valence-corrected chi connectivity index (χ1v) is 6.97. The van der Waals surface area contributed by atoms with E-state index in [1.54, 1.807) is 6.07 Å². The first-order valence-electron chi connectivity index (χ1n) is 6.97. The Morgan fingerprint density at radius 3 is 3.00 bits per heavy atom. The highest BCUT2D eigenvalue weighted by atomic mass is 16.5. The summed E-state index contributed by atoms with van der Waals surface area (Å²) in [6, 6.07) is 6.51. The van der Waals surface area contributed by atoms with Crippen molar-refractivity contribution in [2.24, 2.45) is 5.92 Å². The monoisotopic (exact) mass is 287 g/mol. The van der Waals surface area contributed by atoms with E-state index >= 15 is 0 Å². The van der Waals surface area contributed by atoms with E-state index in [1.807, 2.05) is 18.2 Å². The second-order valence-electron chi connectivity index (χ2n) is 5.25. The third-order valence-corrected chi connectivity index (χ3v) is 3.43. The summed E-state index contributed by atoms with van der Waals surface area (Å²) in [5, 5.41) is 9.05. The van der Waals surface area contributed by atoms with Gasteiger partial charge in [-0.05, 0) is 37.0 Å². The normalized spacial score (nSPS) is 24.2. The van der Waals surface area contributed by atoms with Gasteiger partial charge in [0.1, 0.15) is 5.75 Å². The van der Waals surface area contributed by atoms with Crippen molar-refractivity contribution in [3.05, 3.63) is 29.8 Å². The Morgan fingerprint density at radius 1 is 1.38 bits per heavy atom. The van der Waals surface area contributed by atoms with Crippen molar-refractivity contribution in [3.8, 4) is 17.6 Å². The van der Waals surface area contributed by atoms with E-state index in [1.165, 1.54) is 12.8 Å². The van der Waals surface area contributed by atoms with Gasteiger partial charge < -0.3 is 9.84 Å². The van der Waals surface area contributed by atoms with Gasteiger partial charge in [0.25, 0.3) is 0 Å². The molecular formula is C15H17N3O3. The van der Waals surface area contributed by atoms with Gasteiger partial charge in [-0.15, -0.1) is 0 Å². The van der Waals surface area contributed by atoms with E-state index in [4.69, 9.17) is 9.84 Å². The number of carbonyl (C=O) groups is 1. The van der Waals surface area contributed by atoms with E-state index in [2.05, 4.69) is 28.2 Å². The maximum atomic E-state index is 11.0. The van der Waals surface area contributed by atoms with Gasteiger partial charge in [-0.25, -0.2) is 10.9 Å². The Bertz CT molecular complexity index is 589. The summed E-state index contributed by atoms with van der Waals surface area (Å²) in [5.41, 5.74) is 8.74. The first-order chi connectivity index (χ1) is 10.2. The molecule has 2 atom stereocenters. The summed E-state index contributed by atoms with van der Waals surface area (Å²) in [6.45, 7) is 0. The molecule has 2 aliphatic rings. The molecule has 4 N–H and O–H groups in total. The quantitative estimate of drug-likeness (QED) is 0.607. The summed E-state index contributed by atoms with van der Waals surface area (Å²) < 4.78 is 5.64. The average Bonchev–Trinajstić information content (AvgIpc) is 3.16. The van der Waals surface area contributed by atoms with Crippen LogP contribution in [-0.4, -0.2) is 23.3 Å². The minimum atomic E-state index is -0.988. The summed E-state index contributed by atoms with van der Waals surface area (Å²) >= 11 is 0. The summed E-state index contributed by atoms with van der Waals surface area (Å²) in [7, 11) is 0. The van der Waals surface area contributed by atoms with Gasteiger partial charge in [0, 0.05) is 12.0 Å². The minimum absolute atomic E-state index is 0.586. The zero-order valence-corrected chi connectivity index (χ0v) is 11.4. The van der Waals surface area contributed by atoms with Gasteiger partial charge in [-0.3, -0.25) is 4.79 Å². The molecule has 1 aromatic rings. The second-order valence-corrected chi connectivity index (χ2v) is 5.25. The minimum Gasteiger partial charge on any atom is -0.480 e. The molecule has 2 fully saturated rings. The number of ether oxygens (including phenoxy) is 1. The van der Waals surface area contributed by atoms with Crippen molar-refractivity contribution in [2.75, 3.05) is 0 Å². The number of hydrogen-bond donors (Lipinski definition) is 4. The van der Waals surface area contributed by atoms with Crippen LogP contribution in [-0.2, 0) is 4.79 Å². The molecule has 3 rings (SSSR count). The Labute approximate surface area is 122 Å². The van der Waals surface area contributed by atoms with Crippen molar-refractivity contribution in [3.63, 3.8) is 0 Å². The highest BCUT2D eigenvalue weighted by Crippen LogP contribution is 2.31. The number of hydrogen-bond acceptors (Lipinski definition) is 5. The lowest BCUT2D eigenvalue weighted by molar-refractivity contribution is -0.141. The van der Waals surface area contributed by atoms with Gasteiger partial charge in [-0.1, -0.05) is 17.9 Å². The fourth-order valence-electron chi connectivity index (χ4n) is 2.05. The molecule has 0 spiro atoms. The maximum absolute atomic E-state index is 11.0. The van der Waals surface area contributed by atoms with Gasteiger partial charge in [0.05, 0.1) is 0 Å². The zero-order chi connectivity index (χ0) is 14.7. The van der Waals surface area contributed by atoms with E-state index in [-0.39, 0.29) is 0 Å². The molecular weight excluding hydrogens is 270 g/mol. The number of aliphatic carboxylic acids is 1. The third-order valence-electron chi connectivity index (χ3n) is 3.43. The fourth-order valence-corrected chi connectivity index (χ4v) is 2.05. The van der Waals surface area contributed by atoms with Crippen LogP contribution in [0, 0.1) is 17.8 Å². The zero-order valence-electron chi connectivity index (χ0n) is 11.4. The molecule has 1 heterocycles. The van der Waals surface area contributed by atoms with Gasteiger partial charge in [0.2, 0.25) is 0 Å². The third kappa shape index (κ3) is 3.73. The van der Waals surface area contributed by atoms with Crippen LogP contribution in [0.5, 0.6) is 5.75 Å². The maximum Gasteiger partial charge on any atom is 0.327 e. The molecule has 1 aliphatic heterocycles. The molecule has 110 valence electrons. The number of rotatable bonds is 4. The summed E-state index contributed by atoms with van der Waals surface area (Å²) in [6.07, 6.45) is 2.85. The summed E-state index contributed by atoms with van der Waals surface area (Å²) in [4.78, 5) is 11.0. The SMILES string of the molecule is O=C(O)C1NNNC1Oc1cccc(C#CCC2CC2)c1. The number of hydrazine groups is 2. The molecule has 1 aromatic carbocycles. The Kier molecular flexibility index (Phi) is 4.06. The van der Waals surface area contributed by atoms with Crippen molar-refractivity contribution < 1.29 is 14.6 Å². The second kappa shape index (κ2) is 6.14. The highest BCUT2D eigenvalue weighted by molar-refractivity contribution is 5.74. The van der Waals surface area contributed by atoms with Crippen LogP contribution in [0.1, 0.15) is 24.8 Å². The van der Waals surface area contributed by atoms with Crippen LogP contribution < -0.4 is 21.1 Å². The average molecular weight is 287 g/mol. The summed E-state index contributed by atoms with van der Waals surface area (Å²) in [5.74, 6) is 6.67. The molecule has 0 bridgehead atoms. The molecule has 1 saturated heterocycles. The van der Waals surface area contributed by atoms with Gasteiger partial charge >= 0.3 is 5.97 Å². The van der Waals surface area contributed by atoms with E-state index in [0.29, 0.717) is 5.75 Å². The molecule has 0 aromatic heterocycles. The predicted octanol–water partition coefficient (Wildman–Crippen LogP) is 0.609. The molecule has 6 heteroatoms. The Hall–Kier alpha value is -2.07. The van der Waals surface area contributed by atoms with Crippen LogP contribution in [0.25, 0.3) is 0 Å². The number of benzene rings is 1. The lowest BCUT2D eigenvalue weighted by Gasteiger charge is -2.16. The smallest absolute Gasteiger partial charge is 0.327 e. The molecule has 2 unspecified atom stereocenters. The van der Waals surface area contributed by atoms with Crippen LogP contribution >= 0.6 is 0 Å². The van der Waals surface area contributed by atoms with Crippen molar-refractivity contribution in [1.82, 2.24) is 16.4 Å². The highest BCUT2D eigenvalue weighted by Gasteiger charge is 2.34. The van der Waals surface area contributed by atoms with Gasteiger partial charge in [-0.2, -0.15) is 5.53 Å². The largest absolute Gasteiger partial charge is 0.480 e. The fraction of sp³-hybridized carbons (Fsp3) is 0.400. The molecule has 6 nitrogen and oxygen atoms in total. The molecule has 0 amide bonds. The molecule has 0 radical (unpaired) electrons. The standard InChI is InChI=1S/C15H17N3O3/c19-15(20)13-14(17-18-16-13)21-12-6-2-5-11(9-12)4-1-3-10-7-8-10/h2,5-6,9-10,13-14,16-18H,3,7-8H2,(H,19,20). The molecule has 1 saturated carbocycles. The number of carboxylic acids is 1. The van der Waals surface area contributed by atoms with E-state index in [9.17, 15) is 4.79 Å². The van der Waals surface area contributed by atoms with E-state index in [0.717, 1.165) is 17.9 Å². The van der Waals surface area contributed by atoms with Crippen LogP contribution in [0.4, 0.5) is 0 Å². The van der Waals surface area contributed by atoms with Crippen LogP contribution in [0.3, 0.4) is 0 Å². The van der Waals surface area contributed by atoms with Crippen LogP contribution in [0.2, 0.25) is 0 Å². The van der Waals surface area contributed by atoms with E-state index < -0.39 is 18.2 Å².